The highest BCUT2D eigenvalue weighted by atomic mass is 16.1. The fraction of sp³-hybridized carbons (Fsp3) is 0.833. The van der Waals surface area contributed by atoms with Crippen LogP contribution in [0.1, 0.15) is 68.2 Å². The number of ketones is 1. The van der Waals surface area contributed by atoms with Gasteiger partial charge in [-0.1, -0.05) is 31.9 Å². The zero-order chi connectivity index (χ0) is 14.8. The van der Waals surface area contributed by atoms with E-state index in [1.165, 1.54) is 24.0 Å². The Bertz CT molecular complexity index is 452. The molecular weight excluding hydrogens is 232 g/mol. The zero-order valence-electron chi connectivity index (χ0n) is 14.0. The molecule has 0 aromatic carbocycles. The summed E-state index contributed by atoms with van der Waals surface area (Å²) in [5, 5.41) is 0. The molecule has 2 fully saturated rings. The van der Waals surface area contributed by atoms with Crippen LogP contribution in [0.3, 0.4) is 0 Å². The van der Waals surface area contributed by atoms with Crippen LogP contribution in [0.25, 0.3) is 0 Å². The molecule has 3 atom stereocenters. The highest BCUT2D eigenvalue weighted by Gasteiger charge is 2.67. The van der Waals surface area contributed by atoms with Gasteiger partial charge in [0, 0.05) is 5.41 Å². The van der Waals surface area contributed by atoms with Crippen LogP contribution in [0.15, 0.2) is 11.1 Å². The second-order valence-corrected chi connectivity index (χ2v) is 8.32. The van der Waals surface area contributed by atoms with E-state index in [4.69, 9.17) is 0 Å². The lowest BCUT2D eigenvalue weighted by Gasteiger charge is -2.38. The van der Waals surface area contributed by atoms with Gasteiger partial charge in [0.25, 0.3) is 0 Å². The maximum atomic E-state index is 11.9. The molecule has 3 unspecified atom stereocenters. The highest BCUT2D eigenvalue weighted by Crippen LogP contribution is 2.75. The van der Waals surface area contributed by atoms with E-state index in [0.29, 0.717) is 16.7 Å². The summed E-state index contributed by atoms with van der Waals surface area (Å²) in [5.41, 5.74) is 3.37. The molecule has 0 spiro atoms. The zero-order valence-corrected chi connectivity index (χ0v) is 14.0. The van der Waals surface area contributed by atoms with Gasteiger partial charge in [-0.2, -0.15) is 0 Å². The molecule has 0 aromatic heterocycles. The van der Waals surface area contributed by atoms with Crippen molar-refractivity contribution < 1.29 is 4.79 Å². The Morgan fingerprint density at radius 2 is 1.63 bits per heavy atom. The van der Waals surface area contributed by atoms with Crippen molar-refractivity contribution in [2.24, 2.45) is 28.1 Å². The van der Waals surface area contributed by atoms with Crippen molar-refractivity contribution in [1.29, 1.82) is 0 Å². The molecule has 0 radical (unpaired) electrons. The number of hydrogen-bond donors (Lipinski definition) is 0. The van der Waals surface area contributed by atoms with Crippen LogP contribution in [0.2, 0.25) is 0 Å². The second kappa shape index (κ2) is 3.96. The van der Waals surface area contributed by atoms with Gasteiger partial charge in [0.2, 0.25) is 0 Å². The molecule has 0 heterocycles. The molecule has 19 heavy (non-hydrogen) atoms. The minimum absolute atomic E-state index is 0.275. The number of carbonyl (C=O) groups excluding carboxylic acids is 1. The Hall–Kier alpha value is -0.590. The Morgan fingerprint density at radius 3 is 2.00 bits per heavy atom. The van der Waals surface area contributed by atoms with Gasteiger partial charge in [-0.05, 0) is 70.1 Å². The monoisotopic (exact) mass is 262 g/mol. The van der Waals surface area contributed by atoms with Crippen molar-refractivity contribution >= 4 is 5.78 Å². The maximum Gasteiger partial charge on any atom is 0.139 e. The predicted octanol–water partition coefficient (Wildman–Crippen LogP) is 5.01. The van der Waals surface area contributed by atoms with E-state index in [0.717, 1.165) is 5.92 Å². The lowest BCUT2D eigenvalue weighted by atomic mass is 9.66. The van der Waals surface area contributed by atoms with Gasteiger partial charge >= 0.3 is 0 Å². The van der Waals surface area contributed by atoms with Crippen molar-refractivity contribution in [2.45, 2.75) is 68.2 Å². The van der Waals surface area contributed by atoms with Gasteiger partial charge in [-0.3, -0.25) is 4.79 Å². The fourth-order valence-corrected chi connectivity index (χ4v) is 4.30. The molecule has 2 saturated carbocycles. The number of carbonyl (C=O) groups is 1. The molecule has 108 valence electrons. The maximum absolute atomic E-state index is 11.9. The Morgan fingerprint density at radius 1 is 1.11 bits per heavy atom. The summed E-state index contributed by atoms with van der Waals surface area (Å²) in [6.07, 6.45) is 2.72. The first kappa shape index (κ1) is 14.8. The van der Waals surface area contributed by atoms with E-state index in [1.54, 1.807) is 6.92 Å². The summed E-state index contributed by atoms with van der Waals surface area (Å²) in [5.74, 6) is 1.84. The van der Waals surface area contributed by atoms with Crippen LogP contribution in [0.4, 0.5) is 0 Å². The summed E-state index contributed by atoms with van der Waals surface area (Å²) in [6, 6.07) is 0. The Kier molecular flexibility index (Phi) is 3.09. The molecule has 0 N–H and O–H groups in total. The number of fused-ring (bicyclic) bond motifs is 1. The molecule has 1 heteroatoms. The van der Waals surface area contributed by atoms with Gasteiger partial charge in [-0.15, -0.1) is 0 Å². The van der Waals surface area contributed by atoms with E-state index in [1.807, 2.05) is 0 Å². The van der Waals surface area contributed by atoms with E-state index >= 15 is 0 Å². The Balaban J connectivity index is 2.36. The first-order chi connectivity index (χ1) is 8.46. The minimum Gasteiger partial charge on any atom is -0.299 e. The van der Waals surface area contributed by atoms with Crippen LogP contribution in [0.5, 0.6) is 0 Å². The molecule has 2 rings (SSSR count). The molecule has 0 aliphatic heterocycles. The smallest absolute Gasteiger partial charge is 0.139 e. The molecular formula is C18H30O. The van der Waals surface area contributed by atoms with Crippen molar-refractivity contribution in [3.63, 3.8) is 0 Å². The van der Waals surface area contributed by atoms with Gasteiger partial charge in [0.05, 0.1) is 0 Å². The molecule has 0 saturated heterocycles. The first-order valence-corrected chi connectivity index (χ1v) is 7.65. The minimum atomic E-state index is -0.312. The third-order valence-corrected chi connectivity index (χ3v) is 7.21. The molecule has 0 bridgehead atoms. The largest absolute Gasteiger partial charge is 0.299 e. The van der Waals surface area contributed by atoms with Crippen molar-refractivity contribution in [2.75, 3.05) is 0 Å². The average Bonchev–Trinajstić information content (AvgIpc) is 2.91. The molecule has 0 amide bonds. The summed E-state index contributed by atoms with van der Waals surface area (Å²) in [4.78, 5) is 11.9. The fourth-order valence-electron chi connectivity index (χ4n) is 4.30. The van der Waals surface area contributed by atoms with Gasteiger partial charge in [0.1, 0.15) is 5.78 Å². The van der Waals surface area contributed by atoms with E-state index in [9.17, 15) is 4.79 Å². The number of rotatable bonds is 3. The lowest BCUT2D eigenvalue weighted by Crippen LogP contribution is -2.31. The average molecular weight is 262 g/mol. The van der Waals surface area contributed by atoms with E-state index in [2.05, 4.69) is 48.5 Å². The van der Waals surface area contributed by atoms with Crippen LogP contribution in [-0.4, -0.2) is 5.78 Å². The van der Waals surface area contributed by atoms with Gasteiger partial charge in [0.15, 0.2) is 0 Å². The quantitative estimate of drug-likeness (QED) is 0.653. The Labute approximate surface area is 118 Å². The molecule has 2 aliphatic carbocycles. The van der Waals surface area contributed by atoms with Gasteiger partial charge in [-0.25, -0.2) is 0 Å². The van der Waals surface area contributed by atoms with E-state index < -0.39 is 0 Å². The second-order valence-electron chi connectivity index (χ2n) is 8.32. The van der Waals surface area contributed by atoms with E-state index in [-0.39, 0.29) is 11.2 Å². The van der Waals surface area contributed by atoms with Crippen molar-refractivity contribution in [3.8, 4) is 0 Å². The summed E-state index contributed by atoms with van der Waals surface area (Å²) in [6.45, 7) is 17.6. The van der Waals surface area contributed by atoms with Crippen molar-refractivity contribution in [1.82, 2.24) is 0 Å². The van der Waals surface area contributed by atoms with Crippen LogP contribution >= 0.6 is 0 Å². The first-order valence-electron chi connectivity index (χ1n) is 7.65. The summed E-state index contributed by atoms with van der Waals surface area (Å²) in [7, 11) is 0. The molecule has 2 aliphatic rings. The van der Waals surface area contributed by atoms with Crippen molar-refractivity contribution in [3.05, 3.63) is 11.1 Å². The van der Waals surface area contributed by atoms with Gasteiger partial charge < -0.3 is 0 Å². The predicted molar refractivity (Wildman–Crippen MR) is 80.9 cm³/mol. The highest BCUT2D eigenvalue weighted by molar-refractivity contribution is 5.84. The van der Waals surface area contributed by atoms with Crippen LogP contribution in [-0.2, 0) is 4.79 Å². The number of hydrogen-bond acceptors (Lipinski definition) is 1. The number of allylic oxidation sites excluding steroid dienone is 2. The standard InChI is InChI=1S/C18H30O/c1-11(12(2)16(4,5)13(3)19)15-9-14-10-18(14,8)17(15,6)7/h14-15H,9-10H2,1-8H3/b12-11+. The normalized spacial score (nSPS) is 37.7. The topological polar surface area (TPSA) is 17.1 Å². The summed E-state index contributed by atoms with van der Waals surface area (Å²) >= 11 is 0. The van der Waals surface area contributed by atoms with Crippen LogP contribution < -0.4 is 0 Å². The third-order valence-electron chi connectivity index (χ3n) is 7.21. The lowest BCUT2D eigenvalue weighted by molar-refractivity contribution is -0.123. The molecule has 1 nitrogen and oxygen atoms in total. The SMILES string of the molecule is CC(=O)C(C)(C)/C(C)=C(\C)C1CC2CC2(C)C1(C)C. The third kappa shape index (κ3) is 1.84. The summed E-state index contributed by atoms with van der Waals surface area (Å²) < 4.78 is 0. The molecule has 0 aromatic rings. The number of Topliss-reactive ketones (excluding diaryl/α,β-unsaturated/α-hetero) is 1. The van der Waals surface area contributed by atoms with Crippen LogP contribution in [0, 0.1) is 28.1 Å².